The molecule has 0 bridgehead atoms. The molecule has 0 saturated carbocycles. The van der Waals surface area contributed by atoms with E-state index in [1.165, 1.54) is 0 Å². The molecule has 3 aromatic carbocycles. The van der Waals surface area contributed by atoms with Crippen LogP contribution in [0.4, 0.5) is 0 Å². The molecule has 4 aromatic rings. The predicted molar refractivity (Wildman–Crippen MR) is 115 cm³/mol. The smallest absolute Gasteiger partial charge is 0.258 e. The van der Waals surface area contributed by atoms with Gasteiger partial charge in [-0.2, -0.15) is 0 Å². The second-order valence-corrected chi connectivity index (χ2v) is 6.91. The maximum absolute atomic E-state index is 13.3. The highest BCUT2D eigenvalue weighted by Gasteiger charge is 2.19. The van der Waals surface area contributed by atoms with E-state index in [9.17, 15) is 9.59 Å². The van der Waals surface area contributed by atoms with Crippen LogP contribution in [-0.2, 0) is 13.1 Å². The van der Waals surface area contributed by atoms with Gasteiger partial charge < -0.3 is 14.6 Å². The number of methoxy groups -OCH3 is 1. The first-order valence-electron chi connectivity index (χ1n) is 9.59. The molecular weight excluding hydrogens is 378 g/mol. The maximum Gasteiger partial charge on any atom is 0.258 e. The third-order valence-electron chi connectivity index (χ3n) is 4.82. The first-order valence-corrected chi connectivity index (χ1v) is 9.59. The predicted octanol–water partition coefficient (Wildman–Crippen LogP) is 3.77. The lowest BCUT2D eigenvalue weighted by Gasteiger charge is -2.23. The van der Waals surface area contributed by atoms with E-state index in [2.05, 4.69) is 9.97 Å². The number of carbonyl (C=O) groups is 1. The molecule has 0 spiro atoms. The Morgan fingerprint density at radius 1 is 0.967 bits per heavy atom. The molecule has 0 radical (unpaired) electrons. The number of fused-ring (bicyclic) bond motifs is 1. The van der Waals surface area contributed by atoms with Gasteiger partial charge in [0, 0.05) is 12.1 Å². The van der Waals surface area contributed by atoms with Gasteiger partial charge in [-0.1, -0.05) is 48.5 Å². The summed E-state index contributed by atoms with van der Waals surface area (Å²) in [6.45, 7) is 0.554. The summed E-state index contributed by atoms with van der Waals surface area (Å²) in [7, 11) is 1.56. The van der Waals surface area contributed by atoms with Gasteiger partial charge >= 0.3 is 0 Å². The van der Waals surface area contributed by atoms with Crippen molar-refractivity contribution in [1.29, 1.82) is 0 Å². The molecule has 1 heterocycles. The highest BCUT2D eigenvalue weighted by Crippen LogP contribution is 2.18. The Hall–Kier alpha value is -3.93. The second-order valence-electron chi connectivity index (χ2n) is 6.91. The van der Waals surface area contributed by atoms with Crippen molar-refractivity contribution in [3.05, 3.63) is 106 Å². The summed E-state index contributed by atoms with van der Waals surface area (Å²) >= 11 is 0. The molecule has 1 amide bonds. The standard InChI is InChI=1S/C24H21N3O3/c1-30-19-11-7-10-18(14-19)24(29)27(15-17-8-3-2-4-9-17)16-22-25-21-13-6-5-12-20(21)23(28)26-22/h2-14H,15-16H2,1H3,(H,25,26,28). The quantitative estimate of drug-likeness (QED) is 0.535. The fourth-order valence-corrected chi connectivity index (χ4v) is 3.33. The Morgan fingerprint density at radius 3 is 2.53 bits per heavy atom. The fourth-order valence-electron chi connectivity index (χ4n) is 3.33. The van der Waals surface area contributed by atoms with Crippen molar-refractivity contribution in [2.24, 2.45) is 0 Å². The van der Waals surface area contributed by atoms with Crippen LogP contribution in [0, 0.1) is 0 Å². The van der Waals surface area contributed by atoms with Crippen LogP contribution in [0.3, 0.4) is 0 Å². The summed E-state index contributed by atoms with van der Waals surface area (Å²) in [5.41, 5.74) is 1.87. The Labute approximate surface area is 173 Å². The van der Waals surface area contributed by atoms with E-state index in [0.29, 0.717) is 34.6 Å². The van der Waals surface area contributed by atoms with Gasteiger partial charge in [0.25, 0.3) is 11.5 Å². The Kier molecular flexibility index (Phi) is 5.57. The van der Waals surface area contributed by atoms with E-state index in [0.717, 1.165) is 5.56 Å². The molecule has 0 fully saturated rings. The van der Waals surface area contributed by atoms with Crippen LogP contribution in [0.15, 0.2) is 83.7 Å². The van der Waals surface area contributed by atoms with Crippen molar-refractivity contribution >= 4 is 16.8 Å². The van der Waals surface area contributed by atoms with Crippen LogP contribution in [0.5, 0.6) is 5.75 Å². The first-order chi connectivity index (χ1) is 14.6. The summed E-state index contributed by atoms with van der Waals surface area (Å²) in [6.07, 6.45) is 0. The lowest BCUT2D eigenvalue weighted by molar-refractivity contribution is 0.0725. The van der Waals surface area contributed by atoms with Gasteiger partial charge in [-0.25, -0.2) is 4.98 Å². The Bertz CT molecular complexity index is 1240. The Balaban J connectivity index is 1.70. The summed E-state index contributed by atoms with van der Waals surface area (Å²) in [5, 5.41) is 0.523. The van der Waals surface area contributed by atoms with Crippen LogP contribution < -0.4 is 10.3 Å². The number of nitrogens with one attached hydrogen (secondary N) is 1. The SMILES string of the molecule is COc1cccc(C(=O)N(Cc2ccccc2)Cc2nc3ccccc3c(=O)[nH]2)c1. The molecule has 6 nitrogen and oxygen atoms in total. The van der Waals surface area contributed by atoms with E-state index < -0.39 is 0 Å². The normalized spacial score (nSPS) is 10.7. The largest absolute Gasteiger partial charge is 0.497 e. The highest BCUT2D eigenvalue weighted by molar-refractivity contribution is 5.94. The van der Waals surface area contributed by atoms with Crippen molar-refractivity contribution < 1.29 is 9.53 Å². The molecule has 0 aliphatic rings. The van der Waals surface area contributed by atoms with Crippen molar-refractivity contribution in [2.75, 3.05) is 7.11 Å². The van der Waals surface area contributed by atoms with Crippen molar-refractivity contribution in [2.45, 2.75) is 13.1 Å². The van der Waals surface area contributed by atoms with Crippen molar-refractivity contribution in [3.8, 4) is 5.75 Å². The third-order valence-corrected chi connectivity index (χ3v) is 4.82. The molecule has 30 heavy (non-hydrogen) atoms. The minimum Gasteiger partial charge on any atom is -0.497 e. The number of carbonyl (C=O) groups excluding carboxylic acids is 1. The average molecular weight is 399 g/mol. The number of hydrogen-bond acceptors (Lipinski definition) is 4. The number of aromatic amines is 1. The van der Waals surface area contributed by atoms with E-state index in [1.54, 1.807) is 54.5 Å². The molecule has 0 aliphatic heterocycles. The third kappa shape index (κ3) is 4.22. The number of benzene rings is 3. The molecule has 150 valence electrons. The number of ether oxygens (including phenoxy) is 1. The molecule has 0 aliphatic carbocycles. The number of para-hydroxylation sites is 1. The second kappa shape index (κ2) is 8.61. The van der Waals surface area contributed by atoms with Gasteiger partial charge in [0.2, 0.25) is 0 Å². The molecule has 1 N–H and O–H groups in total. The summed E-state index contributed by atoms with van der Waals surface area (Å²) in [5.74, 6) is 0.872. The Morgan fingerprint density at radius 2 is 1.73 bits per heavy atom. The van der Waals surface area contributed by atoms with E-state index in [4.69, 9.17) is 4.74 Å². The van der Waals surface area contributed by atoms with E-state index in [-0.39, 0.29) is 18.0 Å². The number of nitrogens with zero attached hydrogens (tertiary/aromatic N) is 2. The lowest BCUT2D eigenvalue weighted by Crippen LogP contribution is -2.31. The molecule has 1 aromatic heterocycles. The van der Waals surface area contributed by atoms with Gasteiger partial charge in [-0.15, -0.1) is 0 Å². The summed E-state index contributed by atoms with van der Waals surface area (Å²) < 4.78 is 5.25. The zero-order valence-corrected chi connectivity index (χ0v) is 16.5. The maximum atomic E-state index is 13.3. The van der Waals surface area contributed by atoms with Crippen LogP contribution in [0.1, 0.15) is 21.7 Å². The molecule has 0 atom stereocenters. The van der Waals surface area contributed by atoms with Crippen molar-refractivity contribution in [1.82, 2.24) is 14.9 Å². The van der Waals surface area contributed by atoms with Gasteiger partial charge in [-0.3, -0.25) is 9.59 Å². The van der Waals surface area contributed by atoms with E-state index >= 15 is 0 Å². The van der Waals surface area contributed by atoms with Crippen molar-refractivity contribution in [3.63, 3.8) is 0 Å². The van der Waals surface area contributed by atoms with Gasteiger partial charge in [0.1, 0.15) is 11.6 Å². The summed E-state index contributed by atoms with van der Waals surface area (Å²) in [6, 6.07) is 23.9. The lowest BCUT2D eigenvalue weighted by atomic mass is 10.1. The zero-order valence-electron chi connectivity index (χ0n) is 16.5. The molecule has 6 heteroatoms. The molecule has 0 saturated heterocycles. The molecule has 4 rings (SSSR count). The number of hydrogen-bond donors (Lipinski definition) is 1. The van der Waals surface area contributed by atoms with Gasteiger partial charge in [0.15, 0.2) is 0 Å². The number of H-pyrrole nitrogens is 1. The van der Waals surface area contributed by atoms with Gasteiger partial charge in [-0.05, 0) is 35.9 Å². The van der Waals surface area contributed by atoms with E-state index in [1.807, 2.05) is 36.4 Å². The van der Waals surface area contributed by atoms with Crippen LogP contribution in [0.2, 0.25) is 0 Å². The van der Waals surface area contributed by atoms with Crippen LogP contribution >= 0.6 is 0 Å². The summed E-state index contributed by atoms with van der Waals surface area (Å²) in [4.78, 5) is 34.8. The zero-order chi connectivity index (χ0) is 20.9. The topological polar surface area (TPSA) is 75.3 Å². The minimum absolute atomic E-state index is 0.172. The molecular formula is C24H21N3O3. The number of aromatic nitrogens is 2. The van der Waals surface area contributed by atoms with Crippen LogP contribution in [0.25, 0.3) is 10.9 Å². The monoisotopic (exact) mass is 399 g/mol. The van der Waals surface area contributed by atoms with Gasteiger partial charge in [0.05, 0.1) is 24.6 Å². The first kappa shape index (κ1) is 19.4. The average Bonchev–Trinajstić information content (AvgIpc) is 2.79. The minimum atomic E-state index is -0.218. The van der Waals surface area contributed by atoms with Crippen LogP contribution in [-0.4, -0.2) is 27.9 Å². The number of amides is 1. The highest BCUT2D eigenvalue weighted by atomic mass is 16.5. The fraction of sp³-hybridized carbons (Fsp3) is 0.125. The molecule has 0 unspecified atom stereocenters. The number of rotatable bonds is 6.